The minimum absolute atomic E-state index is 0.0607. The van der Waals surface area contributed by atoms with E-state index in [-0.39, 0.29) is 31.1 Å². The summed E-state index contributed by atoms with van der Waals surface area (Å²) in [7, 11) is 0. The highest BCUT2D eigenvalue weighted by molar-refractivity contribution is 5.71. The molecule has 1 atom stereocenters. The molecule has 0 aliphatic heterocycles. The molecule has 0 saturated heterocycles. The second kappa shape index (κ2) is 62.0. The molecule has 0 aromatic carbocycles. The van der Waals surface area contributed by atoms with Crippen molar-refractivity contribution in [1.29, 1.82) is 0 Å². The van der Waals surface area contributed by atoms with E-state index < -0.39 is 6.10 Å². The maximum atomic E-state index is 12.9. The Labute approximate surface area is 450 Å². The molecule has 1 unspecified atom stereocenters. The number of hydrogen-bond acceptors (Lipinski definition) is 6. The van der Waals surface area contributed by atoms with Crippen molar-refractivity contribution in [1.82, 2.24) is 0 Å². The topological polar surface area (TPSA) is 78.9 Å². The average molecular weight is 1020 g/mol. The lowest BCUT2D eigenvalue weighted by Gasteiger charge is -2.18. The SMILES string of the molecule is CCCCCCCCCCCCCCCCCCCCCCCCCCCCCC(=O)OCC(COC(=O)CCCCCCCCCCCCCCC)OC(=O)CCCCCCCCCCCCCCCC. The van der Waals surface area contributed by atoms with Gasteiger partial charge in [0.1, 0.15) is 13.2 Å². The van der Waals surface area contributed by atoms with E-state index in [1.807, 2.05) is 0 Å². The molecule has 0 N–H and O–H groups in total. The van der Waals surface area contributed by atoms with Crippen LogP contribution in [0.2, 0.25) is 0 Å². The lowest BCUT2D eigenvalue weighted by Crippen LogP contribution is -2.30. The minimum atomic E-state index is -0.762. The first-order valence-electron chi connectivity index (χ1n) is 33.0. The Hall–Kier alpha value is -1.59. The predicted octanol–water partition coefficient (Wildman–Crippen LogP) is 22.3. The zero-order chi connectivity index (χ0) is 52.2. The van der Waals surface area contributed by atoms with Crippen LogP contribution in [0, 0.1) is 0 Å². The smallest absolute Gasteiger partial charge is 0.306 e. The van der Waals surface area contributed by atoms with Crippen LogP contribution in [0.25, 0.3) is 0 Å². The van der Waals surface area contributed by atoms with Gasteiger partial charge >= 0.3 is 17.9 Å². The molecule has 0 radical (unpaired) electrons. The zero-order valence-corrected chi connectivity index (χ0v) is 49.2. The Morgan fingerprint density at radius 1 is 0.222 bits per heavy atom. The third-order valence-corrected chi connectivity index (χ3v) is 15.4. The van der Waals surface area contributed by atoms with Crippen LogP contribution < -0.4 is 0 Å². The van der Waals surface area contributed by atoms with E-state index in [2.05, 4.69) is 20.8 Å². The highest BCUT2D eigenvalue weighted by Crippen LogP contribution is 2.19. The van der Waals surface area contributed by atoms with Crippen LogP contribution in [0.4, 0.5) is 0 Å². The van der Waals surface area contributed by atoms with E-state index in [1.54, 1.807) is 0 Å². The summed E-state index contributed by atoms with van der Waals surface area (Å²) in [5.74, 6) is -0.827. The normalized spacial score (nSPS) is 11.9. The zero-order valence-electron chi connectivity index (χ0n) is 49.2. The van der Waals surface area contributed by atoms with Crippen LogP contribution in [0.3, 0.4) is 0 Å². The van der Waals surface area contributed by atoms with Crippen molar-refractivity contribution in [3.05, 3.63) is 0 Å². The third kappa shape index (κ3) is 59.3. The van der Waals surface area contributed by atoms with E-state index >= 15 is 0 Å². The molecule has 0 aliphatic rings. The number of carbonyl (C=O) groups excluding carboxylic acids is 3. The Morgan fingerprint density at radius 2 is 0.375 bits per heavy atom. The summed E-state index contributed by atoms with van der Waals surface area (Å²) in [5.41, 5.74) is 0. The fourth-order valence-corrected chi connectivity index (χ4v) is 10.4. The van der Waals surface area contributed by atoms with Gasteiger partial charge in [-0.05, 0) is 19.3 Å². The van der Waals surface area contributed by atoms with Crippen molar-refractivity contribution in [3.63, 3.8) is 0 Å². The summed E-state index contributed by atoms with van der Waals surface area (Å²) < 4.78 is 16.9. The van der Waals surface area contributed by atoms with Crippen molar-refractivity contribution in [2.45, 2.75) is 393 Å². The Kier molecular flexibility index (Phi) is 60.6. The number of rotatable bonds is 62. The Morgan fingerprint density at radius 3 is 0.556 bits per heavy atom. The number of hydrogen-bond donors (Lipinski definition) is 0. The summed E-state index contributed by atoms with van der Waals surface area (Å²) in [6.07, 6.45) is 71.3. The van der Waals surface area contributed by atoms with Gasteiger partial charge in [0.05, 0.1) is 0 Å². The second-order valence-electron chi connectivity index (χ2n) is 22.8. The maximum Gasteiger partial charge on any atom is 0.306 e. The van der Waals surface area contributed by atoms with Gasteiger partial charge in [0, 0.05) is 19.3 Å². The van der Waals surface area contributed by atoms with Crippen molar-refractivity contribution < 1.29 is 28.6 Å². The third-order valence-electron chi connectivity index (χ3n) is 15.4. The van der Waals surface area contributed by atoms with Crippen LogP contribution in [0.5, 0.6) is 0 Å². The lowest BCUT2D eigenvalue weighted by molar-refractivity contribution is -0.167. The standard InChI is InChI=1S/C66H128O6/c1-4-7-10-13-16-19-22-25-27-28-29-30-31-32-33-34-35-36-37-38-39-42-44-47-50-53-56-59-65(68)71-62-63(61-70-64(67)58-55-52-49-46-43-40-24-21-18-15-12-9-6-3)72-66(69)60-57-54-51-48-45-41-26-23-20-17-14-11-8-5-2/h63H,4-62H2,1-3H3. The van der Waals surface area contributed by atoms with Crippen molar-refractivity contribution in [2.75, 3.05) is 13.2 Å². The molecule has 0 aromatic heterocycles. The molecule has 6 nitrogen and oxygen atoms in total. The van der Waals surface area contributed by atoms with Gasteiger partial charge in [0.15, 0.2) is 6.10 Å². The van der Waals surface area contributed by atoms with Crippen LogP contribution in [0.15, 0.2) is 0 Å². The van der Waals surface area contributed by atoms with E-state index in [4.69, 9.17) is 14.2 Å². The van der Waals surface area contributed by atoms with Crippen molar-refractivity contribution in [3.8, 4) is 0 Å². The van der Waals surface area contributed by atoms with Gasteiger partial charge in [-0.1, -0.05) is 348 Å². The Bertz CT molecular complexity index is 1080. The molecule has 6 heteroatoms. The van der Waals surface area contributed by atoms with E-state index in [9.17, 15) is 14.4 Å². The maximum absolute atomic E-state index is 12.9. The van der Waals surface area contributed by atoms with Crippen LogP contribution >= 0.6 is 0 Å². The quantitative estimate of drug-likeness (QED) is 0.0343. The van der Waals surface area contributed by atoms with Gasteiger partial charge in [-0.15, -0.1) is 0 Å². The van der Waals surface area contributed by atoms with Crippen LogP contribution in [0.1, 0.15) is 387 Å². The molecule has 0 aromatic rings. The summed E-state index contributed by atoms with van der Waals surface area (Å²) in [6, 6.07) is 0. The van der Waals surface area contributed by atoms with E-state index in [0.29, 0.717) is 19.3 Å². The molecule has 0 fully saturated rings. The molecule has 0 rings (SSSR count). The van der Waals surface area contributed by atoms with Crippen molar-refractivity contribution >= 4 is 17.9 Å². The average Bonchev–Trinajstić information content (AvgIpc) is 3.38. The van der Waals surface area contributed by atoms with E-state index in [1.165, 1.54) is 289 Å². The Balaban J connectivity index is 4.12. The number of carbonyl (C=O) groups is 3. The molecule has 72 heavy (non-hydrogen) atoms. The number of unbranched alkanes of at least 4 members (excludes halogenated alkanes) is 51. The minimum Gasteiger partial charge on any atom is -0.462 e. The lowest BCUT2D eigenvalue weighted by atomic mass is 10.0. The summed E-state index contributed by atoms with van der Waals surface area (Å²) in [5, 5.41) is 0. The first-order chi connectivity index (χ1) is 35.5. The van der Waals surface area contributed by atoms with E-state index in [0.717, 1.165) is 57.8 Å². The van der Waals surface area contributed by atoms with Crippen LogP contribution in [-0.4, -0.2) is 37.2 Å². The summed E-state index contributed by atoms with van der Waals surface area (Å²) >= 11 is 0. The van der Waals surface area contributed by atoms with Gasteiger partial charge in [-0.25, -0.2) is 0 Å². The highest BCUT2D eigenvalue weighted by Gasteiger charge is 2.19. The monoisotopic (exact) mass is 1020 g/mol. The molecule has 0 bridgehead atoms. The molecular formula is C66H128O6. The van der Waals surface area contributed by atoms with Gasteiger partial charge in [0.2, 0.25) is 0 Å². The van der Waals surface area contributed by atoms with Gasteiger partial charge in [0.25, 0.3) is 0 Å². The molecule has 0 heterocycles. The molecular weight excluding hydrogens is 889 g/mol. The fourth-order valence-electron chi connectivity index (χ4n) is 10.4. The number of esters is 3. The molecule has 0 amide bonds. The first kappa shape index (κ1) is 70.4. The van der Waals surface area contributed by atoms with Gasteiger partial charge in [-0.3, -0.25) is 14.4 Å². The molecule has 0 spiro atoms. The van der Waals surface area contributed by atoms with Gasteiger partial charge in [-0.2, -0.15) is 0 Å². The van der Waals surface area contributed by atoms with Crippen LogP contribution in [-0.2, 0) is 28.6 Å². The fraction of sp³-hybridized carbons (Fsp3) is 0.955. The van der Waals surface area contributed by atoms with Crippen molar-refractivity contribution in [2.24, 2.45) is 0 Å². The summed E-state index contributed by atoms with van der Waals surface area (Å²) in [4.78, 5) is 38.2. The summed E-state index contributed by atoms with van der Waals surface area (Å²) in [6.45, 7) is 6.72. The second-order valence-corrected chi connectivity index (χ2v) is 22.8. The predicted molar refractivity (Wildman–Crippen MR) is 312 cm³/mol. The molecule has 428 valence electrons. The molecule has 0 saturated carbocycles. The molecule has 0 aliphatic carbocycles. The van der Waals surface area contributed by atoms with Gasteiger partial charge < -0.3 is 14.2 Å². The highest BCUT2D eigenvalue weighted by atomic mass is 16.6. The largest absolute Gasteiger partial charge is 0.462 e. The number of ether oxygens (including phenoxy) is 3. The first-order valence-corrected chi connectivity index (χ1v) is 33.0.